The van der Waals surface area contributed by atoms with Gasteiger partial charge < -0.3 is 5.73 Å². The third-order valence-electron chi connectivity index (χ3n) is 2.80. The van der Waals surface area contributed by atoms with E-state index in [-0.39, 0.29) is 11.3 Å². The largest absolute Gasteiger partial charge is 0.387 e. The highest BCUT2D eigenvalue weighted by molar-refractivity contribution is 7.16. The molecule has 1 aliphatic rings. The molecule has 0 aromatic carbocycles. The van der Waals surface area contributed by atoms with Crippen LogP contribution in [0.25, 0.3) is 0 Å². The number of halogens is 1. The van der Waals surface area contributed by atoms with Crippen molar-refractivity contribution < 1.29 is 0 Å². The van der Waals surface area contributed by atoms with E-state index in [2.05, 4.69) is 6.92 Å². The fourth-order valence-electron chi connectivity index (χ4n) is 1.83. The first-order valence-corrected chi connectivity index (χ1v) is 5.37. The third kappa shape index (κ3) is 1.18. The second-order valence-corrected chi connectivity index (χ2v) is 5.31. The van der Waals surface area contributed by atoms with Crippen LogP contribution in [-0.2, 0) is 5.41 Å². The molecule has 1 aromatic heterocycles. The Bertz CT molecular complexity index is 360. The lowest BCUT2D eigenvalue weighted by Gasteiger charge is -2.11. The van der Waals surface area contributed by atoms with Crippen molar-refractivity contribution in [1.82, 2.24) is 0 Å². The maximum atomic E-state index is 7.58. The van der Waals surface area contributed by atoms with Crippen molar-refractivity contribution in [1.29, 1.82) is 5.41 Å². The van der Waals surface area contributed by atoms with E-state index in [4.69, 9.17) is 22.7 Å². The summed E-state index contributed by atoms with van der Waals surface area (Å²) in [7, 11) is 0. The van der Waals surface area contributed by atoms with Crippen molar-refractivity contribution >= 4 is 28.8 Å². The van der Waals surface area contributed by atoms with E-state index in [9.17, 15) is 0 Å². The average Bonchev–Trinajstić information content (AvgIpc) is 2.53. The molecule has 1 heterocycles. The number of nitrogens with two attached hydrogens (primary N) is 1. The Morgan fingerprint density at radius 1 is 1.77 bits per heavy atom. The van der Waals surface area contributed by atoms with Gasteiger partial charge in [-0.25, -0.2) is 0 Å². The fraction of sp³-hybridized carbons (Fsp3) is 0.444. The summed E-state index contributed by atoms with van der Waals surface area (Å²) in [4.78, 5) is 1.14. The van der Waals surface area contributed by atoms with Crippen molar-refractivity contribution in [2.45, 2.75) is 18.8 Å². The topological polar surface area (TPSA) is 49.9 Å². The van der Waals surface area contributed by atoms with Crippen LogP contribution in [0.3, 0.4) is 0 Å². The molecular formula is C9H11ClN2S. The van der Waals surface area contributed by atoms with E-state index < -0.39 is 0 Å². The first kappa shape index (κ1) is 9.03. The SMILES string of the molecule is CC1CC1(C(=N)N)c1ccc(Cl)s1. The lowest BCUT2D eigenvalue weighted by atomic mass is 10.0. The zero-order valence-electron chi connectivity index (χ0n) is 7.30. The summed E-state index contributed by atoms with van der Waals surface area (Å²) < 4.78 is 0.773. The second-order valence-electron chi connectivity index (χ2n) is 3.59. The van der Waals surface area contributed by atoms with Crippen LogP contribution in [0.4, 0.5) is 0 Å². The minimum Gasteiger partial charge on any atom is -0.387 e. The Kier molecular flexibility index (Phi) is 1.89. The Morgan fingerprint density at radius 3 is 2.69 bits per heavy atom. The van der Waals surface area contributed by atoms with E-state index in [0.29, 0.717) is 5.92 Å². The molecule has 2 nitrogen and oxygen atoms in total. The van der Waals surface area contributed by atoms with Gasteiger partial charge >= 0.3 is 0 Å². The molecule has 70 valence electrons. The molecule has 13 heavy (non-hydrogen) atoms. The maximum absolute atomic E-state index is 7.58. The third-order valence-corrected chi connectivity index (χ3v) is 4.21. The van der Waals surface area contributed by atoms with E-state index in [1.54, 1.807) is 0 Å². The van der Waals surface area contributed by atoms with Gasteiger partial charge in [0.2, 0.25) is 0 Å². The standard InChI is InChI=1S/C9H11ClN2S/c1-5-4-9(5,8(11)12)6-2-3-7(10)13-6/h2-3,5H,4H2,1H3,(H3,11,12). The summed E-state index contributed by atoms with van der Waals surface area (Å²) >= 11 is 7.39. The van der Waals surface area contributed by atoms with Gasteiger partial charge in [0.1, 0.15) is 5.84 Å². The predicted octanol–water partition coefficient (Wildman–Crippen LogP) is 2.62. The highest BCUT2D eigenvalue weighted by Gasteiger charge is 2.56. The monoisotopic (exact) mass is 214 g/mol. The number of rotatable bonds is 2. The quantitative estimate of drug-likeness (QED) is 0.577. The highest BCUT2D eigenvalue weighted by atomic mass is 35.5. The van der Waals surface area contributed by atoms with Crippen molar-refractivity contribution in [3.63, 3.8) is 0 Å². The van der Waals surface area contributed by atoms with E-state index in [1.165, 1.54) is 11.3 Å². The molecule has 1 aliphatic carbocycles. The van der Waals surface area contributed by atoms with Crippen molar-refractivity contribution in [2.24, 2.45) is 11.7 Å². The smallest absolute Gasteiger partial charge is 0.102 e. The van der Waals surface area contributed by atoms with Crippen LogP contribution in [0, 0.1) is 11.3 Å². The number of thiophene rings is 1. The van der Waals surface area contributed by atoms with E-state index >= 15 is 0 Å². The second kappa shape index (κ2) is 2.72. The summed E-state index contributed by atoms with van der Waals surface area (Å²) in [5.74, 6) is 0.762. The first-order valence-electron chi connectivity index (χ1n) is 4.17. The van der Waals surface area contributed by atoms with Gasteiger partial charge in [0.15, 0.2) is 0 Å². The van der Waals surface area contributed by atoms with Crippen molar-refractivity contribution in [3.05, 3.63) is 21.3 Å². The van der Waals surface area contributed by atoms with Gasteiger partial charge in [0.25, 0.3) is 0 Å². The maximum Gasteiger partial charge on any atom is 0.102 e. The number of hydrogen-bond donors (Lipinski definition) is 2. The molecule has 0 spiro atoms. The van der Waals surface area contributed by atoms with Gasteiger partial charge in [-0.2, -0.15) is 0 Å². The summed E-state index contributed by atoms with van der Waals surface area (Å²) in [6, 6.07) is 3.86. The Labute approximate surface area is 86.2 Å². The van der Waals surface area contributed by atoms with Crippen LogP contribution in [-0.4, -0.2) is 5.84 Å². The summed E-state index contributed by atoms with van der Waals surface area (Å²) in [5.41, 5.74) is 5.43. The molecule has 4 heteroatoms. The zero-order valence-corrected chi connectivity index (χ0v) is 8.88. The first-order chi connectivity index (χ1) is 6.07. The van der Waals surface area contributed by atoms with Crippen LogP contribution >= 0.6 is 22.9 Å². The molecule has 1 saturated carbocycles. The fourth-order valence-corrected chi connectivity index (χ4v) is 3.20. The molecule has 0 aliphatic heterocycles. The molecular weight excluding hydrogens is 204 g/mol. The number of amidine groups is 1. The van der Waals surface area contributed by atoms with E-state index in [1.807, 2.05) is 12.1 Å². The van der Waals surface area contributed by atoms with Gasteiger partial charge in [-0.05, 0) is 24.5 Å². The van der Waals surface area contributed by atoms with Crippen molar-refractivity contribution in [2.75, 3.05) is 0 Å². The Hall–Kier alpha value is -0.540. The van der Waals surface area contributed by atoms with Crippen LogP contribution in [0.2, 0.25) is 4.34 Å². The van der Waals surface area contributed by atoms with E-state index in [0.717, 1.165) is 15.6 Å². The number of nitrogens with one attached hydrogen (secondary N) is 1. The van der Waals surface area contributed by atoms with Crippen LogP contribution in [0.15, 0.2) is 12.1 Å². The Morgan fingerprint density at radius 2 is 2.38 bits per heavy atom. The van der Waals surface area contributed by atoms with Gasteiger partial charge in [-0.15, -0.1) is 11.3 Å². The van der Waals surface area contributed by atoms with Gasteiger partial charge in [-0.3, -0.25) is 5.41 Å². The van der Waals surface area contributed by atoms with Gasteiger partial charge in [0, 0.05) is 4.88 Å². The molecule has 1 aromatic rings. The molecule has 2 unspecified atom stereocenters. The van der Waals surface area contributed by atoms with Gasteiger partial charge in [-0.1, -0.05) is 18.5 Å². The molecule has 3 N–H and O–H groups in total. The van der Waals surface area contributed by atoms with Crippen LogP contribution < -0.4 is 5.73 Å². The lowest BCUT2D eigenvalue weighted by molar-refractivity contribution is 0.820. The highest BCUT2D eigenvalue weighted by Crippen LogP contribution is 2.56. The van der Waals surface area contributed by atoms with Crippen LogP contribution in [0.5, 0.6) is 0 Å². The Balaban J connectivity index is 2.39. The minimum absolute atomic E-state index is 0.183. The average molecular weight is 215 g/mol. The molecule has 0 bridgehead atoms. The predicted molar refractivity (Wildman–Crippen MR) is 56.7 cm³/mol. The van der Waals surface area contributed by atoms with Crippen molar-refractivity contribution in [3.8, 4) is 0 Å². The zero-order chi connectivity index (χ0) is 9.64. The molecule has 0 saturated heterocycles. The molecule has 1 fully saturated rings. The summed E-state index contributed by atoms with van der Waals surface area (Å²) in [6.07, 6.45) is 0.985. The normalized spacial score (nSPS) is 31.7. The minimum atomic E-state index is -0.183. The summed E-state index contributed by atoms with van der Waals surface area (Å²) in [5, 5.41) is 7.58. The molecule has 2 atom stereocenters. The van der Waals surface area contributed by atoms with Gasteiger partial charge in [0.05, 0.1) is 9.75 Å². The molecule has 0 radical (unpaired) electrons. The molecule has 2 rings (SSSR count). The summed E-state index contributed by atoms with van der Waals surface area (Å²) in [6.45, 7) is 2.12. The molecule has 0 amide bonds. The number of hydrogen-bond acceptors (Lipinski definition) is 2. The lowest BCUT2D eigenvalue weighted by Crippen LogP contribution is -2.28. The van der Waals surface area contributed by atoms with Crippen LogP contribution in [0.1, 0.15) is 18.2 Å².